The van der Waals surface area contributed by atoms with Gasteiger partial charge in [0.05, 0.1) is 19.8 Å². The molecular formula is C16H17NO3. The molecule has 0 saturated carbocycles. The number of hydrogen-bond acceptors (Lipinski definition) is 3. The smallest absolute Gasteiger partial charge is 0.259 e. The van der Waals surface area contributed by atoms with Crippen LogP contribution in [0.4, 0.5) is 5.69 Å². The van der Waals surface area contributed by atoms with Crippen LogP contribution in [0.15, 0.2) is 42.5 Å². The molecule has 0 radical (unpaired) electrons. The van der Waals surface area contributed by atoms with Crippen LogP contribution in [0.5, 0.6) is 11.5 Å². The number of carbonyl (C=O) groups excluding carboxylic acids is 1. The van der Waals surface area contributed by atoms with Gasteiger partial charge in [0.2, 0.25) is 0 Å². The highest BCUT2D eigenvalue weighted by atomic mass is 16.5. The van der Waals surface area contributed by atoms with E-state index < -0.39 is 0 Å². The third kappa shape index (κ3) is 3.09. The summed E-state index contributed by atoms with van der Waals surface area (Å²) in [5, 5.41) is 2.85. The van der Waals surface area contributed by atoms with Crippen molar-refractivity contribution in [1.29, 1.82) is 0 Å². The molecule has 0 spiro atoms. The first kappa shape index (κ1) is 13.9. The number of benzene rings is 2. The summed E-state index contributed by atoms with van der Waals surface area (Å²) in [6, 6.07) is 12.7. The van der Waals surface area contributed by atoms with Crippen LogP contribution < -0.4 is 14.8 Å². The molecule has 20 heavy (non-hydrogen) atoms. The maximum Gasteiger partial charge on any atom is 0.259 e. The van der Waals surface area contributed by atoms with Crippen molar-refractivity contribution in [3.8, 4) is 11.5 Å². The van der Waals surface area contributed by atoms with Crippen molar-refractivity contribution in [2.45, 2.75) is 6.92 Å². The van der Waals surface area contributed by atoms with Crippen molar-refractivity contribution in [3.63, 3.8) is 0 Å². The number of ether oxygens (including phenoxy) is 2. The topological polar surface area (TPSA) is 47.6 Å². The number of rotatable bonds is 4. The summed E-state index contributed by atoms with van der Waals surface area (Å²) in [6.07, 6.45) is 0. The molecule has 2 rings (SSSR count). The molecule has 1 N–H and O–H groups in total. The number of hydrogen-bond donors (Lipinski definition) is 1. The van der Waals surface area contributed by atoms with Crippen LogP contribution in [0, 0.1) is 6.92 Å². The van der Waals surface area contributed by atoms with Crippen LogP contribution in [0.3, 0.4) is 0 Å². The molecule has 1 amide bonds. The van der Waals surface area contributed by atoms with Crippen molar-refractivity contribution in [3.05, 3.63) is 53.6 Å². The molecule has 0 fully saturated rings. The van der Waals surface area contributed by atoms with Gasteiger partial charge in [-0.2, -0.15) is 0 Å². The average Bonchev–Trinajstić information content (AvgIpc) is 2.46. The highest BCUT2D eigenvalue weighted by Crippen LogP contribution is 2.25. The molecule has 0 aliphatic carbocycles. The zero-order valence-corrected chi connectivity index (χ0v) is 11.8. The molecule has 4 heteroatoms. The van der Waals surface area contributed by atoms with Crippen molar-refractivity contribution in [2.75, 3.05) is 19.5 Å². The molecule has 2 aromatic carbocycles. The zero-order valence-electron chi connectivity index (χ0n) is 11.8. The highest BCUT2D eigenvalue weighted by molar-refractivity contribution is 6.06. The van der Waals surface area contributed by atoms with Gasteiger partial charge in [-0.1, -0.05) is 12.1 Å². The number of amides is 1. The Morgan fingerprint density at radius 1 is 1.05 bits per heavy atom. The Kier molecular flexibility index (Phi) is 4.25. The fourth-order valence-electron chi connectivity index (χ4n) is 1.91. The second-order valence-corrected chi connectivity index (χ2v) is 4.39. The van der Waals surface area contributed by atoms with E-state index in [1.54, 1.807) is 25.3 Å². The van der Waals surface area contributed by atoms with Crippen molar-refractivity contribution in [2.24, 2.45) is 0 Å². The minimum Gasteiger partial charge on any atom is -0.497 e. The summed E-state index contributed by atoms with van der Waals surface area (Å²) < 4.78 is 10.3. The van der Waals surface area contributed by atoms with Gasteiger partial charge in [-0.15, -0.1) is 0 Å². The molecule has 0 saturated heterocycles. The molecule has 0 atom stereocenters. The number of aryl methyl sites for hydroxylation is 1. The average molecular weight is 271 g/mol. The quantitative estimate of drug-likeness (QED) is 0.928. The predicted molar refractivity (Wildman–Crippen MR) is 78.7 cm³/mol. The largest absolute Gasteiger partial charge is 0.497 e. The molecule has 0 bridgehead atoms. The van der Waals surface area contributed by atoms with E-state index in [0.717, 1.165) is 11.3 Å². The summed E-state index contributed by atoms with van der Waals surface area (Å²) in [6.45, 7) is 1.98. The van der Waals surface area contributed by atoms with Gasteiger partial charge in [0.1, 0.15) is 11.5 Å². The number of anilines is 1. The Balaban J connectivity index is 2.25. The molecule has 0 aliphatic rings. The fraction of sp³-hybridized carbons (Fsp3) is 0.188. The Bertz CT molecular complexity index is 623. The monoisotopic (exact) mass is 271 g/mol. The van der Waals surface area contributed by atoms with Crippen LogP contribution in [0.25, 0.3) is 0 Å². The van der Waals surface area contributed by atoms with Crippen molar-refractivity contribution in [1.82, 2.24) is 0 Å². The van der Waals surface area contributed by atoms with Crippen LogP contribution in [-0.4, -0.2) is 20.1 Å². The second-order valence-electron chi connectivity index (χ2n) is 4.39. The van der Waals surface area contributed by atoms with E-state index in [0.29, 0.717) is 17.1 Å². The minimum atomic E-state index is -0.213. The molecule has 0 heterocycles. The lowest BCUT2D eigenvalue weighted by Gasteiger charge is -2.11. The van der Waals surface area contributed by atoms with Gasteiger partial charge < -0.3 is 14.8 Å². The molecule has 104 valence electrons. The lowest BCUT2D eigenvalue weighted by Crippen LogP contribution is -2.13. The van der Waals surface area contributed by atoms with E-state index in [2.05, 4.69) is 5.32 Å². The Morgan fingerprint density at radius 2 is 1.85 bits per heavy atom. The molecule has 0 aliphatic heterocycles. The Labute approximate surface area is 118 Å². The SMILES string of the molecule is COc1ccc(C(=O)Nc2cccc(C)c2)c(OC)c1. The van der Waals surface area contributed by atoms with E-state index in [1.165, 1.54) is 7.11 Å². The molecule has 4 nitrogen and oxygen atoms in total. The van der Waals surface area contributed by atoms with Gasteiger partial charge in [-0.05, 0) is 36.8 Å². The lowest BCUT2D eigenvalue weighted by molar-refractivity contribution is 0.102. The normalized spacial score (nSPS) is 9.95. The van der Waals surface area contributed by atoms with Gasteiger partial charge in [0.15, 0.2) is 0 Å². The third-order valence-electron chi connectivity index (χ3n) is 2.93. The van der Waals surface area contributed by atoms with Gasteiger partial charge in [-0.3, -0.25) is 4.79 Å². The molecular weight excluding hydrogens is 254 g/mol. The first-order chi connectivity index (χ1) is 9.63. The predicted octanol–water partition coefficient (Wildman–Crippen LogP) is 3.26. The fourth-order valence-corrected chi connectivity index (χ4v) is 1.91. The van der Waals surface area contributed by atoms with Crippen LogP contribution >= 0.6 is 0 Å². The van der Waals surface area contributed by atoms with E-state index in [4.69, 9.17) is 9.47 Å². The molecule has 0 aromatic heterocycles. The van der Waals surface area contributed by atoms with E-state index in [1.807, 2.05) is 31.2 Å². The van der Waals surface area contributed by atoms with E-state index in [9.17, 15) is 4.79 Å². The van der Waals surface area contributed by atoms with Gasteiger partial charge in [-0.25, -0.2) is 0 Å². The number of nitrogens with one attached hydrogen (secondary N) is 1. The van der Waals surface area contributed by atoms with Crippen LogP contribution in [-0.2, 0) is 0 Å². The molecule has 0 unspecified atom stereocenters. The van der Waals surface area contributed by atoms with E-state index >= 15 is 0 Å². The standard InChI is InChI=1S/C16H17NO3/c1-11-5-4-6-12(9-11)17-16(18)14-8-7-13(19-2)10-15(14)20-3/h4-10H,1-3H3,(H,17,18). The maximum atomic E-state index is 12.3. The third-order valence-corrected chi connectivity index (χ3v) is 2.93. The summed E-state index contributed by atoms with van der Waals surface area (Å²) >= 11 is 0. The van der Waals surface area contributed by atoms with Crippen molar-refractivity contribution < 1.29 is 14.3 Å². The zero-order chi connectivity index (χ0) is 14.5. The minimum absolute atomic E-state index is 0.213. The second kappa shape index (κ2) is 6.10. The summed E-state index contributed by atoms with van der Waals surface area (Å²) in [5.41, 5.74) is 2.31. The summed E-state index contributed by atoms with van der Waals surface area (Å²) in [7, 11) is 3.10. The first-order valence-corrected chi connectivity index (χ1v) is 6.24. The van der Waals surface area contributed by atoms with Crippen LogP contribution in [0.2, 0.25) is 0 Å². The van der Waals surface area contributed by atoms with E-state index in [-0.39, 0.29) is 5.91 Å². The lowest BCUT2D eigenvalue weighted by atomic mass is 10.1. The Morgan fingerprint density at radius 3 is 2.50 bits per heavy atom. The van der Waals surface area contributed by atoms with Crippen molar-refractivity contribution >= 4 is 11.6 Å². The van der Waals surface area contributed by atoms with Gasteiger partial charge >= 0.3 is 0 Å². The van der Waals surface area contributed by atoms with Gasteiger partial charge in [0.25, 0.3) is 5.91 Å². The summed E-state index contributed by atoms with van der Waals surface area (Å²) in [5.74, 6) is 0.915. The summed E-state index contributed by atoms with van der Waals surface area (Å²) in [4.78, 5) is 12.3. The highest BCUT2D eigenvalue weighted by Gasteiger charge is 2.13. The Hall–Kier alpha value is -2.49. The number of carbonyl (C=O) groups is 1. The first-order valence-electron chi connectivity index (χ1n) is 6.24. The maximum absolute atomic E-state index is 12.3. The molecule has 2 aromatic rings. The van der Waals surface area contributed by atoms with Crippen LogP contribution in [0.1, 0.15) is 15.9 Å². The van der Waals surface area contributed by atoms with Gasteiger partial charge in [0, 0.05) is 11.8 Å². The number of methoxy groups -OCH3 is 2.